The number of fused-ring (bicyclic) bond motifs is 1. The molecule has 0 spiro atoms. The van der Waals surface area contributed by atoms with Crippen LogP contribution in [0.4, 0.5) is 0 Å². The molecule has 40 heavy (non-hydrogen) atoms. The van der Waals surface area contributed by atoms with Crippen molar-refractivity contribution in [2.45, 2.75) is 74.9 Å². The second-order valence-electron chi connectivity index (χ2n) is 10.6. The standard InChI is InChI=1S/C31H36N4O4S/c36-28(15-17-32-20-23-13-11-22(12-14-23)19-29(37)38)34-18-16-27-26(21-34)30(39)35(24-7-3-1-4-8-24)31(33-27)40-25-9-5-2-6-10-25/h1,3-4,7-8,11-14,25,32H,2,5-6,9-10,15-21H2,(H,37,38). The Hall–Kier alpha value is -3.43. The third-order valence-electron chi connectivity index (χ3n) is 7.61. The molecule has 1 fully saturated rings. The number of benzene rings is 2. The predicted molar refractivity (Wildman–Crippen MR) is 156 cm³/mol. The number of nitrogens with zero attached hydrogens (tertiary/aromatic N) is 3. The van der Waals surface area contributed by atoms with E-state index >= 15 is 0 Å². The minimum atomic E-state index is -0.849. The molecule has 1 aliphatic carbocycles. The Bertz CT molecular complexity index is 1380. The van der Waals surface area contributed by atoms with Gasteiger partial charge in [0.1, 0.15) is 0 Å². The number of carbonyl (C=O) groups excluding carboxylic acids is 1. The molecule has 1 amide bonds. The van der Waals surface area contributed by atoms with E-state index in [1.807, 2.05) is 54.6 Å². The number of para-hydroxylation sites is 1. The van der Waals surface area contributed by atoms with E-state index in [2.05, 4.69) is 5.32 Å². The summed E-state index contributed by atoms with van der Waals surface area (Å²) in [5, 5.41) is 13.4. The Morgan fingerprint density at radius 3 is 2.45 bits per heavy atom. The minimum Gasteiger partial charge on any atom is -0.481 e. The lowest BCUT2D eigenvalue weighted by Gasteiger charge is -2.30. The van der Waals surface area contributed by atoms with Crippen LogP contribution in [0.25, 0.3) is 5.69 Å². The molecule has 0 radical (unpaired) electrons. The van der Waals surface area contributed by atoms with E-state index in [4.69, 9.17) is 10.1 Å². The van der Waals surface area contributed by atoms with Crippen LogP contribution in [0.1, 0.15) is 60.9 Å². The minimum absolute atomic E-state index is 0.00772. The molecule has 1 aromatic heterocycles. The van der Waals surface area contributed by atoms with Crippen LogP contribution in [0, 0.1) is 0 Å². The van der Waals surface area contributed by atoms with E-state index < -0.39 is 5.97 Å². The van der Waals surface area contributed by atoms with Gasteiger partial charge in [0.15, 0.2) is 5.16 Å². The zero-order valence-electron chi connectivity index (χ0n) is 22.7. The van der Waals surface area contributed by atoms with Crippen LogP contribution in [-0.4, -0.2) is 49.8 Å². The molecule has 9 heteroatoms. The normalized spacial score (nSPS) is 15.6. The third kappa shape index (κ3) is 7.01. The summed E-state index contributed by atoms with van der Waals surface area (Å²) in [6.07, 6.45) is 6.96. The van der Waals surface area contributed by atoms with Crippen molar-refractivity contribution in [3.63, 3.8) is 0 Å². The van der Waals surface area contributed by atoms with Crippen LogP contribution in [-0.2, 0) is 35.5 Å². The topological polar surface area (TPSA) is 105 Å². The van der Waals surface area contributed by atoms with Crippen molar-refractivity contribution >= 4 is 23.6 Å². The summed E-state index contributed by atoms with van der Waals surface area (Å²) in [6, 6.07) is 17.1. The SMILES string of the molecule is O=C(O)Cc1ccc(CNCCC(=O)N2CCc3nc(SC4CCCCC4)n(-c4ccccc4)c(=O)c3C2)cc1. The van der Waals surface area contributed by atoms with Gasteiger partial charge in [0.2, 0.25) is 5.91 Å². The molecular formula is C31H36N4O4S. The number of carbonyl (C=O) groups is 2. The Labute approximate surface area is 238 Å². The van der Waals surface area contributed by atoms with Gasteiger partial charge < -0.3 is 15.3 Å². The lowest BCUT2D eigenvalue weighted by Crippen LogP contribution is -2.42. The molecule has 3 aromatic rings. The van der Waals surface area contributed by atoms with Crippen LogP contribution in [0.3, 0.4) is 0 Å². The van der Waals surface area contributed by atoms with Crippen LogP contribution in [0.5, 0.6) is 0 Å². The molecule has 0 saturated heterocycles. The van der Waals surface area contributed by atoms with Gasteiger partial charge in [0.25, 0.3) is 5.56 Å². The second kappa shape index (κ2) is 13.3. The van der Waals surface area contributed by atoms with E-state index in [1.165, 1.54) is 19.3 Å². The molecule has 0 unspecified atom stereocenters. The first-order valence-electron chi connectivity index (χ1n) is 14.1. The maximum Gasteiger partial charge on any atom is 0.307 e. The van der Waals surface area contributed by atoms with Crippen molar-refractivity contribution in [3.05, 3.63) is 87.3 Å². The molecule has 8 nitrogen and oxygen atoms in total. The number of aliphatic carboxylic acids is 1. The molecule has 0 atom stereocenters. The first-order chi connectivity index (χ1) is 19.5. The van der Waals surface area contributed by atoms with Crippen molar-refractivity contribution < 1.29 is 14.7 Å². The monoisotopic (exact) mass is 560 g/mol. The fraction of sp³-hybridized carbons (Fsp3) is 0.419. The highest BCUT2D eigenvalue weighted by atomic mass is 32.2. The highest BCUT2D eigenvalue weighted by Crippen LogP contribution is 2.34. The van der Waals surface area contributed by atoms with Gasteiger partial charge in [-0.05, 0) is 36.1 Å². The van der Waals surface area contributed by atoms with Gasteiger partial charge in [-0.3, -0.25) is 19.0 Å². The predicted octanol–water partition coefficient (Wildman–Crippen LogP) is 4.35. The first-order valence-corrected chi connectivity index (χ1v) is 15.0. The molecule has 2 N–H and O–H groups in total. The first kappa shape index (κ1) is 28.1. The van der Waals surface area contributed by atoms with Crippen molar-refractivity contribution in [2.24, 2.45) is 0 Å². The summed E-state index contributed by atoms with van der Waals surface area (Å²) in [7, 11) is 0. The van der Waals surface area contributed by atoms with Crippen molar-refractivity contribution in [1.29, 1.82) is 0 Å². The molecule has 0 bridgehead atoms. The third-order valence-corrected chi connectivity index (χ3v) is 8.90. The Morgan fingerprint density at radius 2 is 1.73 bits per heavy atom. The zero-order valence-corrected chi connectivity index (χ0v) is 23.5. The number of hydrogen-bond donors (Lipinski definition) is 2. The van der Waals surface area contributed by atoms with Gasteiger partial charge in [0, 0.05) is 37.7 Å². The Balaban J connectivity index is 1.23. The fourth-order valence-corrected chi connectivity index (χ4v) is 6.74. The summed E-state index contributed by atoms with van der Waals surface area (Å²) in [6.45, 7) is 1.96. The van der Waals surface area contributed by atoms with E-state index in [9.17, 15) is 14.4 Å². The molecule has 2 heterocycles. The number of hydrogen-bond acceptors (Lipinski definition) is 6. The van der Waals surface area contributed by atoms with Crippen LogP contribution in [0.15, 0.2) is 64.5 Å². The quantitative estimate of drug-likeness (QED) is 0.281. The van der Waals surface area contributed by atoms with Gasteiger partial charge in [-0.1, -0.05) is 73.5 Å². The Morgan fingerprint density at radius 1 is 1.00 bits per heavy atom. The van der Waals surface area contributed by atoms with E-state index in [0.29, 0.717) is 43.3 Å². The molecule has 5 rings (SSSR count). The average molecular weight is 561 g/mol. The maximum absolute atomic E-state index is 13.9. The molecular weight excluding hydrogens is 524 g/mol. The smallest absolute Gasteiger partial charge is 0.307 e. The summed E-state index contributed by atoms with van der Waals surface area (Å²) in [5.74, 6) is -0.834. The highest BCUT2D eigenvalue weighted by molar-refractivity contribution is 7.99. The number of carboxylic acid groups (broad SMARTS) is 1. The number of rotatable bonds is 10. The zero-order chi connectivity index (χ0) is 27.9. The van der Waals surface area contributed by atoms with Gasteiger partial charge in [-0.2, -0.15) is 0 Å². The van der Waals surface area contributed by atoms with Gasteiger partial charge in [0.05, 0.1) is 29.9 Å². The number of amides is 1. The number of nitrogens with one attached hydrogen (secondary N) is 1. The number of aromatic nitrogens is 2. The summed E-state index contributed by atoms with van der Waals surface area (Å²) in [5.41, 5.74) is 3.97. The maximum atomic E-state index is 13.9. The summed E-state index contributed by atoms with van der Waals surface area (Å²) in [4.78, 5) is 44.6. The second-order valence-corrected chi connectivity index (χ2v) is 11.8. The van der Waals surface area contributed by atoms with Crippen LogP contribution < -0.4 is 10.9 Å². The highest BCUT2D eigenvalue weighted by Gasteiger charge is 2.28. The lowest BCUT2D eigenvalue weighted by molar-refractivity contribution is -0.136. The van der Waals surface area contributed by atoms with E-state index in [1.54, 1.807) is 21.2 Å². The van der Waals surface area contributed by atoms with Crippen LogP contribution >= 0.6 is 11.8 Å². The largest absolute Gasteiger partial charge is 0.481 e. The van der Waals surface area contributed by atoms with E-state index in [-0.39, 0.29) is 24.4 Å². The summed E-state index contributed by atoms with van der Waals surface area (Å²) >= 11 is 1.73. The number of carboxylic acids is 1. The van der Waals surface area contributed by atoms with Gasteiger partial charge in [-0.15, -0.1) is 0 Å². The Kier molecular flexibility index (Phi) is 9.34. The lowest BCUT2D eigenvalue weighted by atomic mass is 10.0. The van der Waals surface area contributed by atoms with E-state index in [0.717, 1.165) is 40.5 Å². The molecule has 1 saturated carbocycles. The molecule has 1 aliphatic heterocycles. The van der Waals surface area contributed by atoms with Crippen molar-refractivity contribution in [2.75, 3.05) is 13.1 Å². The van der Waals surface area contributed by atoms with Crippen LogP contribution in [0.2, 0.25) is 0 Å². The number of thioether (sulfide) groups is 1. The molecule has 2 aromatic carbocycles. The summed E-state index contributed by atoms with van der Waals surface area (Å²) < 4.78 is 1.75. The molecule has 210 valence electrons. The van der Waals surface area contributed by atoms with Gasteiger partial charge >= 0.3 is 5.97 Å². The van der Waals surface area contributed by atoms with Crippen molar-refractivity contribution in [1.82, 2.24) is 19.8 Å². The fourth-order valence-electron chi connectivity index (χ4n) is 5.42. The molecule has 2 aliphatic rings. The average Bonchev–Trinajstić information content (AvgIpc) is 2.97. The van der Waals surface area contributed by atoms with Gasteiger partial charge in [-0.25, -0.2) is 4.98 Å². The van der Waals surface area contributed by atoms with Crippen molar-refractivity contribution in [3.8, 4) is 5.69 Å².